The highest BCUT2D eigenvalue weighted by Crippen LogP contribution is 2.55. The van der Waals surface area contributed by atoms with Crippen LogP contribution in [0, 0.1) is 11.8 Å². The van der Waals surface area contributed by atoms with Gasteiger partial charge in [-0.3, -0.25) is 0 Å². The summed E-state index contributed by atoms with van der Waals surface area (Å²) in [6.07, 6.45) is 4.11. The van der Waals surface area contributed by atoms with Gasteiger partial charge >= 0.3 is 0 Å². The second-order valence-corrected chi connectivity index (χ2v) is 7.70. The summed E-state index contributed by atoms with van der Waals surface area (Å²) in [4.78, 5) is 0. The Morgan fingerprint density at radius 3 is 2.64 bits per heavy atom. The Balaban J connectivity index is 2.05. The highest BCUT2D eigenvalue weighted by Gasteiger charge is 2.51. The maximum absolute atomic E-state index is 10.6. The first-order chi connectivity index (χ1) is 10.3. The van der Waals surface area contributed by atoms with E-state index in [1.807, 2.05) is 19.9 Å². The summed E-state index contributed by atoms with van der Waals surface area (Å²) in [5, 5.41) is 21.2. The highest BCUT2D eigenvalue weighted by molar-refractivity contribution is 5.53. The average Bonchev–Trinajstić information content (AvgIpc) is 2.78. The molecule has 4 atom stereocenters. The summed E-state index contributed by atoms with van der Waals surface area (Å²) < 4.78 is 6.25. The Bertz CT molecular complexity index is 559. The van der Waals surface area contributed by atoms with Crippen molar-refractivity contribution in [3.63, 3.8) is 0 Å². The van der Waals surface area contributed by atoms with Crippen LogP contribution in [0.4, 0.5) is 0 Å². The van der Waals surface area contributed by atoms with Crippen molar-refractivity contribution in [2.24, 2.45) is 11.8 Å². The molecule has 3 nitrogen and oxygen atoms in total. The second kappa shape index (κ2) is 5.45. The van der Waals surface area contributed by atoms with Gasteiger partial charge in [0.15, 0.2) is 0 Å². The minimum atomic E-state index is -0.761. The van der Waals surface area contributed by atoms with Gasteiger partial charge in [-0.15, -0.1) is 0 Å². The molecule has 3 heteroatoms. The molecule has 1 aromatic rings. The molecule has 1 saturated carbocycles. The van der Waals surface area contributed by atoms with E-state index in [1.165, 1.54) is 0 Å². The maximum Gasteiger partial charge on any atom is 0.127 e. The Hall–Kier alpha value is -1.22. The zero-order chi connectivity index (χ0) is 16.1. The molecular weight excluding hydrogens is 276 g/mol. The fourth-order valence-corrected chi connectivity index (χ4v) is 4.40. The van der Waals surface area contributed by atoms with E-state index in [4.69, 9.17) is 4.74 Å². The topological polar surface area (TPSA) is 49.7 Å². The Kier molecular flexibility index (Phi) is 3.88. The molecule has 3 rings (SSSR count). The first-order valence-corrected chi connectivity index (χ1v) is 8.57. The standard InChI is InChI=1S/C19H28O3/c1-5-6-12-9-14(20)17-15(10-12)22-18-11(2)7-8-13(16(17)18)19(3,4)21/h9-11,13,16,18,20-21H,5-8H2,1-4H3. The van der Waals surface area contributed by atoms with Crippen LogP contribution in [0.5, 0.6) is 11.5 Å². The van der Waals surface area contributed by atoms with Crippen LogP contribution in [-0.4, -0.2) is 21.9 Å². The Morgan fingerprint density at radius 2 is 2.00 bits per heavy atom. The predicted molar refractivity (Wildman–Crippen MR) is 87.4 cm³/mol. The number of hydrogen-bond acceptors (Lipinski definition) is 3. The van der Waals surface area contributed by atoms with Gasteiger partial charge in [0, 0.05) is 11.5 Å². The van der Waals surface area contributed by atoms with Gasteiger partial charge in [0.25, 0.3) is 0 Å². The van der Waals surface area contributed by atoms with Crippen LogP contribution in [0.1, 0.15) is 64.0 Å². The predicted octanol–water partition coefficient (Wildman–Crippen LogP) is 4.01. The zero-order valence-corrected chi connectivity index (χ0v) is 14.1. The average molecular weight is 304 g/mol. The lowest BCUT2D eigenvalue weighted by Crippen LogP contribution is -2.45. The molecule has 1 aromatic carbocycles. The quantitative estimate of drug-likeness (QED) is 0.887. The van der Waals surface area contributed by atoms with Gasteiger partial charge in [-0.2, -0.15) is 0 Å². The van der Waals surface area contributed by atoms with Crippen LogP contribution in [0.3, 0.4) is 0 Å². The van der Waals surface area contributed by atoms with Crippen molar-refractivity contribution in [3.8, 4) is 11.5 Å². The molecule has 1 heterocycles. The third-order valence-electron chi connectivity index (χ3n) is 5.50. The van der Waals surface area contributed by atoms with Gasteiger partial charge in [0.1, 0.15) is 17.6 Å². The monoisotopic (exact) mass is 304 g/mol. The Morgan fingerprint density at radius 1 is 1.27 bits per heavy atom. The van der Waals surface area contributed by atoms with Crippen LogP contribution >= 0.6 is 0 Å². The molecule has 0 spiro atoms. The number of fused-ring (bicyclic) bond motifs is 3. The van der Waals surface area contributed by atoms with Gasteiger partial charge in [0.2, 0.25) is 0 Å². The number of hydrogen-bond donors (Lipinski definition) is 2. The summed E-state index contributed by atoms with van der Waals surface area (Å²) in [6.45, 7) is 8.11. The fraction of sp³-hybridized carbons (Fsp3) is 0.684. The van der Waals surface area contributed by atoms with Crippen molar-refractivity contribution in [2.45, 2.75) is 71.0 Å². The van der Waals surface area contributed by atoms with E-state index in [1.54, 1.807) is 0 Å². The SMILES string of the molecule is CCCc1cc(O)c2c(c1)OC1C(C)CCC(C(C)(C)O)C21. The molecule has 2 N–H and O–H groups in total. The van der Waals surface area contributed by atoms with Crippen molar-refractivity contribution >= 4 is 0 Å². The van der Waals surface area contributed by atoms with Crippen LogP contribution in [0.25, 0.3) is 0 Å². The molecule has 0 radical (unpaired) electrons. The number of aromatic hydroxyl groups is 1. The molecule has 4 unspecified atom stereocenters. The number of phenols is 1. The van der Waals surface area contributed by atoms with Gasteiger partial charge in [0.05, 0.1) is 5.60 Å². The summed E-state index contributed by atoms with van der Waals surface area (Å²) >= 11 is 0. The number of phenolic OH excluding ortho intramolecular Hbond substituents is 1. The van der Waals surface area contributed by atoms with Gasteiger partial charge in [-0.1, -0.05) is 20.3 Å². The van der Waals surface area contributed by atoms with Crippen molar-refractivity contribution in [1.29, 1.82) is 0 Å². The van der Waals surface area contributed by atoms with Gasteiger partial charge in [-0.05, 0) is 62.6 Å². The summed E-state index contributed by atoms with van der Waals surface area (Å²) in [6, 6.07) is 3.97. The summed E-state index contributed by atoms with van der Waals surface area (Å²) in [7, 11) is 0. The third kappa shape index (κ3) is 2.50. The number of benzene rings is 1. The van der Waals surface area contributed by atoms with E-state index in [0.29, 0.717) is 11.7 Å². The third-order valence-corrected chi connectivity index (χ3v) is 5.50. The first-order valence-electron chi connectivity index (χ1n) is 8.57. The van der Waals surface area contributed by atoms with Crippen molar-refractivity contribution in [2.75, 3.05) is 0 Å². The highest BCUT2D eigenvalue weighted by atomic mass is 16.5. The molecule has 0 bridgehead atoms. The second-order valence-electron chi connectivity index (χ2n) is 7.70. The minimum Gasteiger partial charge on any atom is -0.508 e. The Labute approximate surface area is 133 Å². The summed E-state index contributed by atoms with van der Waals surface area (Å²) in [5.74, 6) is 1.84. The summed E-state index contributed by atoms with van der Waals surface area (Å²) in [5.41, 5.74) is 1.29. The largest absolute Gasteiger partial charge is 0.508 e. The molecule has 1 fully saturated rings. The molecule has 0 amide bonds. The van der Waals surface area contributed by atoms with Crippen LogP contribution in [0.15, 0.2) is 12.1 Å². The van der Waals surface area contributed by atoms with Gasteiger partial charge < -0.3 is 14.9 Å². The van der Waals surface area contributed by atoms with E-state index in [2.05, 4.69) is 19.9 Å². The van der Waals surface area contributed by atoms with E-state index in [9.17, 15) is 10.2 Å². The van der Waals surface area contributed by atoms with Crippen LogP contribution in [-0.2, 0) is 6.42 Å². The lowest BCUT2D eigenvalue weighted by molar-refractivity contribution is -0.0432. The normalized spacial score (nSPS) is 30.6. The number of aryl methyl sites for hydroxylation is 1. The van der Waals surface area contributed by atoms with E-state index >= 15 is 0 Å². The fourth-order valence-electron chi connectivity index (χ4n) is 4.40. The van der Waals surface area contributed by atoms with E-state index < -0.39 is 5.60 Å². The number of aliphatic hydroxyl groups is 1. The van der Waals surface area contributed by atoms with Gasteiger partial charge in [-0.25, -0.2) is 0 Å². The molecule has 22 heavy (non-hydrogen) atoms. The molecule has 0 aromatic heterocycles. The zero-order valence-electron chi connectivity index (χ0n) is 14.1. The minimum absolute atomic E-state index is 0.0722. The number of ether oxygens (including phenoxy) is 1. The van der Waals surface area contributed by atoms with E-state index in [0.717, 1.165) is 42.6 Å². The molecule has 2 aliphatic rings. The van der Waals surface area contributed by atoms with E-state index in [-0.39, 0.29) is 17.9 Å². The van der Waals surface area contributed by atoms with Crippen LogP contribution < -0.4 is 4.74 Å². The first kappa shape index (κ1) is 15.7. The molecule has 1 aliphatic carbocycles. The van der Waals surface area contributed by atoms with Crippen molar-refractivity contribution in [1.82, 2.24) is 0 Å². The maximum atomic E-state index is 10.6. The smallest absolute Gasteiger partial charge is 0.127 e. The molecule has 122 valence electrons. The van der Waals surface area contributed by atoms with Crippen LogP contribution in [0.2, 0.25) is 0 Å². The lowest BCUT2D eigenvalue weighted by Gasteiger charge is -2.42. The van der Waals surface area contributed by atoms with Crippen molar-refractivity contribution in [3.05, 3.63) is 23.3 Å². The molecule has 0 saturated heterocycles. The lowest BCUT2D eigenvalue weighted by atomic mass is 9.65. The number of rotatable bonds is 3. The van der Waals surface area contributed by atoms with Crippen molar-refractivity contribution < 1.29 is 14.9 Å². The molecule has 1 aliphatic heterocycles. The molecular formula is C19H28O3.